The van der Waals surface area contributed by atoms with Crippen molar-refractivity contribution in [1.82, 2.24) is 9.97 Å². The number of para-hydroxylation sites is 2. The van der Waals surface area contributed by atoms with Gasteiger partial charge < -0.3 is 8.83 Å². The molecule has 290 valence electrons. The predicted octanol–water partition coefficient (Wildman–Crippen LogP) is 15.9. The summed E-state index contributed by atoms with van der Waals surface area (Å²) in [5, 5.41) is 4.39. The molecule has 0 spiro atoms. The van der Waals surface area contributed by atoms with E-state index < -0.39 is 0 Å². The molecule has 0 amide bonds. The van der Waals surface area contributed by atoms with E-state index in [4.69, 9.17) is 18.8 Å². The van der Waals surface area contributed by atoms with Gasteiger partial charge in [0.05, 0.1) is 11.4 Å². The van der Waals surface area contributed by atoms with Crippen LogP contribution in [0.4, 0.5) is 0 Å². The van der Waals surface area contributed by atoms with Gasteiger partial charge in [-0.1, -0.05) is 152 Å². The van der Waals surface area contributed by atoms with Gasteiger partial charge in [-0.25, -0.2) is 9.97 Å². The molecule has 12 aromatic rings. The molecule has 4 nitrogen and oxygen atoms in total. The number of fused-ring (bicyclic) bond motifs is 6. The van der Waals surface area contributed by atoms with Gasteiger partial charge in [-0.05, 0) is 111 Å². The van der Waals surface area contributed by atoms with E-state index in [1.165, 1.54) is 0 Å². The highest BCUT2D eigenvalue weighted by Gasteiger charge is 2.18. The Morgan fingerprint density at radius 1 is 0.242 bits per heavy atom. The summed E-state index contributed by atoms with van der Waals surface area (Å²) >= 11 is 0. The van der Waals surface area contributed by atoms with Gasteiger partial charge in [-0.15, -0.1) is 0 Å². The molecule has 0 saturated carbocycles. The van der Waals surface area contributed by atoms with Crippen LogP contribution in [0.15, 0.2) is 227 Å². The Bertz CT molecular complexity index is 3640. The highest BCUT2D eigenvalue weighted by atomic mass is 16.3. The quantitative estimate of drug-likeness (QED) is 0.161. The minimum absolute atomic E-state index is 0.669. The minimum Gasteiger partial charge on any atom is -0.456 e. The Labute approximate surface area is 358 Å². The Morgan fingerprint density at radius 2 is 0.694 bits per heavy atom. The first-order valence-electron chi connectivity index (χ1n) is 20.9. The maximum atomic E-state index is 6.27. The summed E-state index contributed by atoms with van der Waals surface area (Å²) in [6.45, 7) is 0. The van der Waals surface area contributed by atoms with Crippen LogP contribution in [-0.2, 0) is 0 Å². The smallest absolute Gasteiger partial charge is 0.160 e. The highest BCUT2D eigenvalue weighted by Crippen LogP contribution is 2.41. The second kappa shape index (κ2) is 14.7. The first-order chi connectivity index (χ1) is 30.7. The monoisotopic (exact) mass is 792 g/mol. The highest BCUT2D eigenvalue weighted by molar-refractivity contribution is 6.08. The summed E-state index contributed by atoms with van der Waals surface area (Å²) in [7, 11) is 0. The van der Waals surface area contributed by atoms with Gasteiger partial charge in [0.2, 0.25) is 0 Å². The summed E-state index contributed by atoms with van der Waals surface area (Å²) in [6.07, 6.45) is 0. The van der Waals surface area contributed by atoms with Crippen LogP contribution in [0, 0.1) is 0 Å². The minimum atomic E-state index is 0.669. The number of hydrogen-bond donors (Lipinski definition) is 0. The van der Waals surface area contributed by atoms with E-state index in [-0.39, 0.29) is 0 Å². The van der Waals surface area contributed by atoms with E-state index in [0.29, 0.717) is 5.82 Å². The second-order valence-electron chi connectivity index (χ2n) is 15.7. The van der Waals surface area contributed by atoms with Gasteiger partial charge in [0.1, 0.15) is 22.3 Å². The van der Waals surface area contributed by atoms with Crippen molar-refractivity contribution in [2.24, 2.45) is 0 Å². The fourth-order valence-corrected chi connectivity index (χ4v) is 8.83. The van der Waals surface area contributed by atoms with E-state index >= 15 is 0 Å². The third-order valence-corrected chi connectivity index (χ3v) is 11.9. The number of benzene rings is 9. The van der Waals surface area contributed by atoms with Gasteiger partial charge in [-0.3, -0.25) is 0 Å². The van der Waals surface area contributed by atoms with Gasteiger partial charge in [0, 0.05) is 38.2 Å². The van der Waals surface area contributed by atoms with Crippen LogP contribution >= 0.6 is 0 Å². The Morgan fingerprint density at radius 3 is 1.39 bits per heavy atom. The fraction of sp³-hybridized carbons (Fsp3) is 0. The van der Waals surface area contributed by atoms with Crippen molar-refractivity contribution in [3.63, 3.8) is 0 Å². The molecule has 0 aliphatic rings. The number of hydrogen-bond acceptors (Lipinski definition) is 4. The lowest BCUT2D eigenvalue weighted by molar-refractivity contribution is 0.668. The molecule has 0 saturated heterocycles. The molecule has 4 heteroatoms. The van der Waals surface area contributed by atoms with Gasteiger partial charge >= 0.3 is 0 Å². The third-order valence-electron chi connectivity index (χ3n) is 11.9. The molecular weight excluding hydrogens is 757 g/mol. The fourth-order valence-electron chi connectivity index (χ4n) is 8.83. The molecule has 3 aromatic heterocycles. The van der Waals surface area contributed by atoms with Crippen molar-refractivity contribution in [1.29, 1.82) is 0 Å². The lowest BCUT2D eigenvalue weighted by Gasteiger charge is -2.16. The number of rotatable bonds is 7. The molecule has 0 bridgehead atoms. The van der Waals surface area contributed by atoms with Crippen LogP contribution in [0.3, 0.4) is 0 Å². The molecule has 0 atom stereocenters. The topological polar surface area (TPSA) is 52.1 Å². The molecule has 12 rings (SSSR count). The molecule has 0 fully saturated rings. The average Bonchev–Trinajstić information content (AvgIpc) is 3.92. The second-order valence-corrected chi connectivity index (χ2v) is 15.7. The molecular formula is C58H36N2O2. The van der Waals surface area contributed by atoms with E-state index in [9.17, 15) is 0 Å². The van der Waals surface area contributed by atoms with Gasteiger partial charge in [-0.2, -0.15) is 0 Å². The lowest BCUT2D eigenvalue weighted by Crippen LogP contribution is -1.97. The molecule has 0 aliphatic heterocycles. The largest absolute Gasteiger partial charge is 0.456 e. The summed E-state index contributed by atoms with van der Waals surface area (Å²) < 4.78 is 12.5. The average molecular weight is 793 g/mol. The van der Waals surface area contributed by atoms with E-state index in [2.05, 4.69) is 170 Å². The molecule has 62 heavy (non-hydrogen) atoms. The van der Waals surface area contributed by atoms with E-state index in [0.717, 1.165) is 116 Å². The van der Waals surface area contributed by atoms with E-state index in [1.807, 2.05) is 48.5 Å². The SMILES string of the molecule is c1ccc(-c2cccc(-c3cc(-c4cc(-c5ccc6oc7ccccc7c6c5)cc(-c5ccccc5-c5ccc6oc7ccccc7c6c5)c4)nc(-c4ccccc4)n3)c2)cc1. The zero-order valence-electron chi connectivity index (χ0n) is 33.5. The summed E-state index contributed by atoms with van der Waals surface area (Å²) in [5.74, 6) is 0.669. The molecule has 0 unspecified atom stereocenters. The van der Waals surface area contributed by atoms with Crippen molar-refractivity contribution in [2.75, 3.05) is 0 Å². The summed E-state index contributed by atoms with van der Waals surface area (Å²) in [6, 6.07) is 76.5. The number of aromatic nitrogens is 2. The normalized spacial score (nSPS) is 11.5. The van der Waals surface area contributed by atoms with Crippen LogP contribution in [0.2, 0.25) is 0 Å². The Balaban J connectivity index is 1.08. The molecule has 9 aromatic carbocycles. The molecule has 0 N–H and O–H groups in total. The standard InChI is InChI=1S/C58H36N2O2/c1-3-14-37(15-4-1)39-18-13-19-42(30-39)52-36-53(60-58(59-52)38-16-5-2-6-17-38)45-32-43(40-26-28-56-50(34-40)48-22-9-11-24-54(48)61-56)31-44(33-45)47-21-8-7-20-46(47)41-27-29-57-51(35-41)49-23-10-12-25-55(49)62-57/h1-36H. The summed E-state index contributed by atoms with van der Waals surface area (Å²) in [4.78, 5) is 10.6. The van der Waals surface area contributed by atoms with Crippen molar-refractivity contribution in [2.45, 2.75) is 0 Å². The van der Waals surface area contributed by atoms with Crippen LogP contribution in [0.25, 0.3) is 122 Å². The van der Waals surface area contributed by atoms with Crippen molar-refractivity contribution < 1.29 is 8.83 Å². The van der Waals surface area contributed by atoms with Crippen molar-refractivity contribution >= 4 is 43.9 Å². The first kappa shape index (κ1) is 35.6. The van der Waals surface area contributed by atoms with E-state index in [1.54, 1.807) is 0 Å². The summed E-state index contributed by atoms with van der Waals surface area (Å²) in [5.41, 5.74) is 17.1. The Kier molecular flexibility index (Phi) is 8.46. The van der Waals surface area contributed by atoms with Crippen LogP contribution in [-0.4, -0.2) is 9.97 Å². The first-order valence-corrected chi connectivity index (χ1v) is 20.9. The zero-order chi connectivity index (χ0) is 41.0. The molecule has 0 aliphatic carbocycles. The maximum Gasteiger partial charge on any atom is 0.160 e. The van der Waals surface area contributed by atoms with Crippen LogP contribution in [0.1, 0.15) is 0 Å². The number of furan rings is 2. The van der Waals surface area contributed by atoms with Gasteiger partial charge in [0.25, 0.3) is 0 Å². The predicted molar refractivity (Wildman–Crippen MR) is 255 cm³/mol. The third kappa shape index (κ3) is 6.34. The molecule has 0 radical (unpaired) electrons. The number of nitrogens with zero attached hydrogens (tertiary/aromatic N) is 2. The molecule has 3 heterocycles. The Hall–Kier alpha value is -8.34. The van der Waals surface area contributed by atoms with Crippen LogP contribution < -0.4 is 0 Å². The van der Waals surface area contributed by atoms with Gasteiger partial charge in [0.15, 0.2) is 5.82 Å². The maximum absolute atomic E-state index is 6.27. The lowest BCUT2D eigenvalue weighted by atomic mass is 9.89. The van der Waals surface area contributed by atoms with Crippen molar-refractivity contribution in [3.8, 4) is 78.4 Å². The van der Waals surface area contributed by atoms with Crippen molar-refractivity contribution in [3.05, 3.63) is 218 Å². The zero-order valence-corrected chi connectivity index (χ0v) is 33.5. The van der Waals surface area contributed by atoms with Crippen LogP contribution in [0.5, 0.6) is 0 Å².